The van der Waals surface area contributed by atoms with Crippen LogP contribution in [0.2, 0.25) is 0 Å². The quantitative estimate of drug-likeness (QED) is 0.732. The minimum absolute atomic E-state index is 0.206. The molecular formula is C16H16N2O4. The van der Waals surface area contributed by atoms with Gasteiger partial charge in [0.05, 0.1) is 18.4 Å². The van der Waals surface area contributed by atoms with Gasteiger partial charge in [-0.25, -0.2) is 4.79 Å². The highest BCUT2D eigenvalue weighted by Gasteiger charge is 2.08. The summed E-state index contributed by atoms with van der Waals surface area (Å²) >= 11 is 0. The van der Waals surface area contributed by atoms with Gasteiger partial charge in [-0.3, -0.25) is 4.79 Å². The number of methoxy groups -OCH3 is 1. The predicted molar refractivity (Wildman–Crippen MR) is 82.0 cm³/mol. The van der Waals surface area contributed by atoms with E-state index in [0.717, 1.165) is 5.56 Å². The van der Waals surface area contributed by atoms with Gasteiger partial charge >= 0.3 is 5.97 Å². The van der Waals surface area contributed by atoms with Crippen molar-refractivity contribution in [2.75, 3.05) is 12.8 Å². The molecule has 22 heavy (non-hydrogen) atoms. The Labute approximate surface area is 127 Å². The normalized spacial score (nSPS) is 10.0. The zero-order chi connectivity index (χ0) is 16.1. The SMILES string of the molecule is COc1ccc(C(=O)NCc2ccc(C(=O)O)cc2)cc1N. The molecule has 0 saturated carbocycles. The number of amides is 1. The molecule has 2 rings (SSSR count). The van der Waals surface area contributed by atoms with Crippen molar-refractivity contribution in [1.82, 2.24) is 5.32 Å². The molecular weight excluding hydrogens is 284 g/mol. The fraction of sp³-hybridized carbons (Fsp3) is 0.125. The topological polar surface area (TPSA) is 102 Å². The van der Waals surface area contributed by atoms with Crippen LogP contribution in [0, 0.1) is 0 Å². The predicted octanol–water partition coefficient (Wildman–Crippen LogP) is 1.91. The number of nitrogen functional groups attached to an aromatic ring is 1. The van der Waals surface area contributed by atoms with Crippen molar-refractivity contribution in [2.45, 2.75) is 6.54 Å². The lowest BCUT2D eigenvalue weighted by Crippen LogP contribution is -2.22. The second kappa shape index (κ2) is 6.62. The van der Waals surface area contributed by atoms with Gasteiger partial charge in [-0.05, 0) is 35.9 Å². The molecule has 0 unspecified atom stereocenters. The third-order valence-electron chi connectivity index (χ3n) is 3.15. The second-order valence-electron chi connectivity index (χ2n) is 4.64. The molecule has 2 aromatic carbocycles. The summed E-state index contributed by atoms with van der Waals surface area (Å²) in [6.45, 7) is 0.296. The van der Waals surface area contributed by atoms with E-state index in [1.807, 2.05) is 0 Å². The van der Waals surface area contributed by atoms with Crippen molar-refractivity contribution in [2.24, 2.45) is 0 Å². The summed E-state index contributed by atoms with van der Waals surface area (Å²) in [6.07, 6.45) is 0. The monoisotopic (exact) mass is 300 g/mol. The summed E-state index contributed by atoms with van der Waals surface area (Å²) in [5.41, 5.74) is 7.59. The first-order chi connectivity index (χ1) is 10.5. The van der Waals surface area contributed by atoms with Crippen LogP contribution >= 0.6 is 0 Å². The van der Waals surface area contributed by atoms with Crippen LogP contribution in [0.3, 0.4) is 0 Å². The molecule has 0 aromatic heterocycles. The number of carboxylic acids is 1. The third kappa shape index (κ3) is 3.54. The van der Waals surface area contributed by atoms with Gasteiger partial charge in [0.15, 0.2) is 0 Å². The smallest absolute Gasteiger partial charge is 0.335 e. The Morgan fingerprint density at radius 3 is 2.32 bits per heavy atom. The van der Waals surface area contributed by atoms with E-state index in [0.29, 0.717) is 23.5 Å². The molecule has 114 valence electrons. The van der Waals surface area contributed by atoms with Crippen molar-refractivity contribution < 1.29 is 19.4 Å². The van der Waals surface area contributed by atoms with E-state index < -0.39 is 5.97 Å². The van der Waals surface area contributed by atoms with Crippen LogP contribution in [0.25, 0.3) is 0 Å². The fourth-order valence-corrected chi connectivity index (χ4v) is 1.93. The summed E-state index contributed by atoms with van der Waals surface area (Å²) in [6, 6.07) is 11.1. The fourth-order valence-electron chi connectivity index (χ4n) is 1.93. The van der Waals surface area contributed by atoms with E-state index >= 15 is 0 Å². The molecule has 0 heterocycles. The van der Waals surface area contributed by atoms with Crippen molar-refractivity contribution in [3.05, 3.63) is 59.2 Å². The molecule has 0 aliphatic heterocycles. The second-order valence-corrected chi connectivity index (χ2v) is 4.64. The minimum atomic E-state index is -0.982. The summed E-state index contributed by atoms with van der Waals surface area (Å²) in [5.74, 6) is -0.734. The summed E-state index contributed by atoms with van der Waals surface area (Å²) in [5, 5.41) is 11.6. The van der Waals surface area contributed by atoms with Gasteiger partial charge in [-0.15, -0.1) is 0 Å². The Hall–Kier alpha value is -3.02. The molecule has 0 radical (unpaired) electrons. The molecule has 6 heteroatoms. The molecule has 0 aliphatic carbocycles. The maximum atomic E-state index is 12.0. The van der Waals surface area contributed by atoms with E-state index in [9.17, 15) is 9.59 Å². The highest BCUT2D eigenvalue weighted by atomic mass is 16.5. The molecule has 0 saturated heterocycles. The molecule has 0 atom stereocenters. The zero-order valence-electron chi connectivity index (χ0n) is 12.0. The number of nitrogens with two attached hydrogens (primary N) is 1. The van der Waals surface area contributed by atoms with Gasteiger partial charge in [0, 0.05) is 12.1 Å². The maximum absolute atomic E-state index is 12.0. The molecule has 2 aromatic rings. The first-order valence-corrected chi connectivity index (χ1v) is 6.55. The van der Waals surface area contributed by atoms with Crippen LogP contribution in [0.15, 0.2) is 42.5 Å². The Balaban J connectivity index is 2.00. The average molecular weight is 300 g/mol. The molecule has 0 fully saturated rings. The first kappa shape index (κ1) is 15.4. The van der Waals surface area contributed by atoms with Gasteiger partial charge in [-0.1, -0.05) is 12.1 Å². The lowest BCUT2D eigenvalue weighted by atomic mass is 10.1. The van der Waals surface area contributed by atoms with Gasteiger partial charge in [0.25, 0.3) is 5.91 Å². The number of carbonyl (C=O) groups is 2. The lowest BCUT2D eigenvalue weighted by molar-refractivity contribution is 0.0696. The lowest BCUT2D eigenvalue weighted by Gasteiger charge is -2.08. The van der Waals surface area contributed by atoms with Gasteiger partial charge in [-0.2, -0.15) is 0 Å². The van der Waals surface area contributed by atoms with Gasteiger partial charge in [0.1, 0.15) is 5.75 Å². The summed E-state index contributed by atoms with van der Waals surface area (Å²) in [7, 11) is 1.51. The largest absolute Gasteiger partial charge is 0.495 e. The Morgan fingerprint density at radius 1 is 1.14 bits per heavy atom. The number of rotatable bonds is 5. The number of carboxylic acid groups (broad SMARTS) is 1. The zero-order valence-corrected chi connectivity index (χ0v) is 12.0. The number of aromatic carboxylic acids is 1. The van der Waals surface area contributed by atoms with E-state index in [1.165, 1.54) is 19.2 Å². The Bertz CT molecular complexity index is 696. The molecule has 0 aliphatic rings. The van der Waals surface area contributed by atoms with E-state index in [4.69, 9.17) is 15.6 Å². The van der Waals surface area contributed by atoms with E-state index in [-0.39, 0.29) is 11.5 Å². The number of hydrogen-bond donors (Lipinski definition) is 3. The average Bonchev–Trinajstić information content (AvgIpc) is 2.52. The van der Waals surface area contributed by atoms with Crippen molar-refractivity contribution >= 4 is 17.6 Å². The number of anilines is 1. The van der Waals surface area contributed by atoms with Crippen LogP contribution in [0.4, 0.5) is 5.69 Å². The Kier molecular flexibility index (Phi) is 4.63. The van der Waals surface area contributed by atoms with Crippen LogP contribution in [0.5, 0.6) is 5.75 Å². The van der Waals surface area contributed by atoms with Crippen LogP contribution in [-0.4, -0.2) is 24.1 Å². The minimum Gasteiger partial charge on any atom is -0.495 e. The Morgan fingerprint density at radius 2 is 1.77 bits per heavy atom. The molecule has 0 bridgehead atoms. The van der Waals surface area contributed by atoms with Crippen LogP contribution in [-0.2, 0) is 6.54 Å². The van der Waals surface area contributed by atoms with Gasteiger partial charge in [0.2, 0.25) is 0 Å². The summed E-state index contributed by atoms with van der Waals surface area (Å²) < 4.78 is 5.03. The molecule has 4 N–H and O–H groups in total. The van der Waals surface area contributed by atoms with Crippen LogP contribution < -0.4 is 15.8 Å². The standard InChI is InChI=1S/C16H16N2O4/c1-22-14-7-6-12(8-13(14)17)15(19)18-9-10-2-4-11(5-3-10)16(20)21/h2-8H,9,17H2,1H3,(H,18,19)(H,20,21). The molecule has 1 amide bonds. The third-order valence-corrected chi connectivity index (χ3v) is 3.15. The van der Waals surface area contributed by atoms with E-state index in [1.54, 1.807) is 30.3 Å². The number of carbonyl (C=O) groups excluding carboxylic acids is 1. The number of benzene rings is 2. The first-order valence-electron chi connectivity index (χ1n) is 6.55. The van der Waals surface area contributed by atoms with Crippen molar-refractivity contribution in [1.29, 1.82) is 0 Å². The highest BCUT2D eigenvalue weighted by molar-refractivity contribution is 5.95. The number of nitrogens with one attached hydrogen (secondary N) is 1. The molecule has 0 spiro atoms. The molecule has 6 nitrogen and oxygen atoms in total. The maximum Gasteiger partial charge on any atom is 0.335 e. The summed E-state index contributed by atoms with van der Waals surface area (Å²) in [4.78, 5) is 22.8. The van der Waals surface area contributed by atoms with E-state index in [2.05, 4.69) is 5.32 Å². The number of hydrogen-bond acceptors (Lipinski definition) is 4. The highest BCUT2D eigenvalue weighted by Crippen LogP contribution is 2.21. The number of ether oxygens (including phenoxy) is 1. The van der Waals surface area contributed by atoms with Crippen molar-refractivity contribution in [3.63, 3.8) is 0 Å². The van der Waals surface area contributed by atoms with Gasteiger partial charge < -0.3 is 20.9 Å². The van der Waals surface area contributed by atoms with Crippen molar-refractivity contribution in [3.8, 4) is 5.75 Å². The van der Waals surface area contributed by atoms with Crippen LogP contribution in [0.1, 0.15) is 26.3 Å².